The Kier molecular flexibility index (Phi) is 5.01. The maximum Gasteiger partial charge on any atom is 0.221 e. The molecule has 0 spiro atoms. The minimum Gasteiger partial charge on any atom is -0.385 e. The van der Waals surface area contributed by atoms with Gasteiger partial charge in [0.05, 0.1) is 0 Å². The molecule has 0 saturated heterocycles. The van der Waals surface area contributed by atoms with Gasteiger partial charge in [0, 0.05) is 24.8 Å². The second kappa shape index (κ2) is 6.98. The highest BCUT2D eigenvalue weighted by atomic mass is 16.1. The molecule has 3 nitrogen and oxygen atoms in total. The topological polar surface area (TPSA) is 41.1 Å². The highest BCUT2D eigenvalue weighted by Gasteiger charge is 2.03. The van der Waals surface area contributed by atoms with Crippen molar-refractivity contribution >= 4 is 17.3 Å². The van der Waals surface area contributed by atoms with Crippen LogP contribution in [0.25, 0.3) is 0 Å². The fourth-order valence-electron chi connectivity index (χ4n) is 2.37. The zero-order valence-electron chi connectivity index (χ0n) is 11.5. The van der Waals surface area contributed by atoms with Crippen LogP contribution in [0, 0.1) is 0 Å². The van der Waals surface area contributed by atoms with E-state index in [1.165, 1.54) is 32.6 Å². The lowest BCUT2D eigenvalue weighted by Gasteiger charge is -2.13. The van der Waals surface area contributed by atoms with Gasteiger partial charge in [-0.1, -0.05) is 11.6 Å². The Bertz CT molecular complexity index is 448. The average Bonchev–Trinajstić information content (AvgIpc) is 2.41. The molecule has 0 unspecified atom stereocenters. The van der Waals surface area contributed by atoms with E-state index in [2.05, 4.69) is 16.7 Å². The molecule has 1 aliphatic carbocycles. The van der Waals surface area contributed by atoms with Crippen molar-refractivity contribution in [2.45, 2.75) is 39.0 Å². The summed E-state index contributed by atoms with van der Waals surface area (Å²) >= 11 is 0. The van der Waals surface area contributed by atoms with E-state index in [9.17, 15) is 4.79 Å². The SMILES string of the molecule is CC(=O)Nc1ccc(NCCC2=CCCCC2)cc1. The second-order valence-corrected chi connectivity index (χ2v) is 5.04. The molecule has 1 amide bonds. The summed E-state index contributed by atoms with van der Waals surface area (Å²) in [6.45, 7) is 2.50. The van der Waals surface area contributed by atoms with E-state index in [1.807, 2.05) is 24.3 Å². The van der Waals surface area contributed by atoms with Crippen molar-refractivity contribution in [1.82, 2.24) is 0 Å². The number of amides is 1. The molecule has 0 heterocycles. The Labute approximate surface area is 115 Å². The first kappa shape index (κ1) is 13.7. The van der Waals surface area contributed by atoms with Gasteiger partial charge in [-0.2, -0.15) is 0 Å². The van der Waals surface area contributed by atoms with Crippen LogP contribution in [0.2, 0.25) is 0 Å². The fourth-order valence-corrected chi connectivity index (χ4v) is 2.37. The molecule has 0 bridgehead atoms. The molecule has 102 valence electrons. The lowest BCUT2D eigenvalue weighted by Crippen LogP contribution is -2.06. The van der Waals surface area contributed by atoms with Gasteiger partial charge >= 0.3 is 0 Å². The lowest BCUT2D eigenvalue weighted by atomic mass is 9.97. The van der Waals surface area contributed by atoms with Gasteiger partial charge in [0.2, 0.25) is 5.91 Å². The Hall–Kier alpha value is -1.77. The molecular weight excluding hydrogens is 236 g/mol. The van der Waals surface area contributed by atoms with Gasteiger partial charge in [0.25, 0.3) is 0 Å². The summed E-state index contributed by atoms with van der Waals surface area (Å²) < 4.78 is 0. The molecule has 0 fully saturated rings. The van der Waals surface area contributed by atoms with Crippen molar-refractivity contribution < 1.29 is 4.79 Å². The maximum absolute atomic E-state index is 10.9. The van der Waals surface area contributed by atoms with Crippen molar-refractivity contribution in [2.75, 3.05) is 17.2 Å². The Balaban J connectivity index is 1.76. The molecule has 1 aromatic rings. The zero-order valence-corrected chi connectivity index (χ0v) is 11.5. The molecule has 0 aliphatic heterocycles. The van der Waals surface area contributed by atoms with Crippen molar-refractivity contribution in [2.24, 2.45) is 0 Å². The van der Waals surface area contributed by atoms with Crippen LogP contribution in [0.1, 0.15) is 39.0 Å². The average molecular weight is 258 g/mol. The summed E-state index contributed by atoms with van der Waals surface area (Å²) in [5.74, 6) is -0.0371. The number of carbonyl (C=O) groups is 1. The summed E-state index contributed by atoms with van der Waals surface area (Å²) in [6, 6.07) is 7.84. The van der Waals surface area contributed by atoms with E-state index in [0.29, 0.717) is 0 Å². The van der Waals surface area contributed by atoms with E-state index < -0.39 is 0 Å². The molecule has 2 N–H and O–H groups in total. The van der Waals surface area contributed by atoms with Crippen LogP contribution in [0.5, 0.6) is 0 Å². The number of hydrogen-bond donors (Lipinski definition) is 2. The summed E-state index contributed by atoms with van der Waals surface area (Å²) in [7, 11) is 0. The first-order valence-corrected chi connectivity index (χ1v) is 7.03. The van der Waals surface area contributed by atoms with Gasteiger partial charge in [-0.25, -0.2) is 0 Å². The highest BCUT2D eigenvalue weighted by Crippen LogP contribution is 2.20. The number of carbonyl (C=O) groups excluding carboxylic acids is 1. The third-order valence-corrected chi connectivity index (χ3v) is 3.37. The van der Waals surface area contributed by atoms with E-state index in [1.54, 1.807) is 5.57 Å². The van der Waals surface area contributed by atoms with E-state index in [0.717, 1.165) is 24.3 Å². The smallest absolute Gasteiger partial charge is 0.221 e. The third-order valence-electron chi connectivity index (χ3n) is 3.37. The molecule has 2 rings (SSSR count). The van der Waals surface area contributed by atoms with Crippen LogP contribution >= 0.6 is 0 Å². The Morgan fingerprint density at radius 2 is 1.89 bits per heavy atom. The summed E-state index contributed by atoms with van der Waals surface area (Å²) in [6.07, 6.45) is 8.74. The van der Waals surface area contributed by atoms with Crippen molar-refractivity contribution in [3.63, 3.8) is 0 Å². The number of benzene rings is 1. The van der Waals surface area contributed by atoms with E-state index >= 15 is 0 Å². The van der Waals surface area contributed by atoms with Crippen molar-refractivity contribution in [3.05, 3.63) is 35.9 Å². The van der Waals surface area contributed by atoms with E-state index in [-0.39, 0.29) is 5.91 Å². The molecule has 0 atom stereocenters. The predicted molar refractivity (Wildman–Crippen MR) is 80.4 cm³/mol. The zero-order chi connectivity index (χ0) is 13.5. The summed E-state index contributed by atoms with van der Waals surface area (Å²) in [5.41, 5.74) is 3.53. The Morgan fingerprint density at radius 1 is 1.16 bits per heavy atom. The van der Waals surface area contributed by atoms with Gasteiger partial charge in [0.15, 0.2) is 0 Å². The first-order chi connectivity index (χ1) is 9.24. The number of nitrogens with one attached hydrogen (secondary N) is 2. The molecule has 19 heavy (non-hydrogen) atoms. The molecule has 1 aliphatic rings. The summed E-state index contributed by atoms with van der Waals surface area (Å²) in [4.78, 5) is 10.9. The van der Waals surface area contributed by atoms with Gasteiger partial charge in [0.1, 0.15) is 0 Å². The van der Waals surface area contributed by atoms with Crippen LogP contribution in [0.3, 0.4) is 0 Å². The second-order valence-electron chi connectivity index (χ2n) is 5.04. The number of rotatable bonds is 5. The monoisotopic (exact) mass is 258 g/mol. The molecular formula is C16H22N2O. The van der Waals surface area contributed by atoms with Crippen LogP contribution in [0.4, 0.5) is 11.4 Å². The first-order valence-electron chi connectivity index (χ1n) is 7.03. The quantitative estimate of drug-likeness (QED) is 0.785. The van der Waals surface area contributed by atoms with Crippen molar-refractivity contribution in [3.8, 4) is 0 Å². The van der Waals surface area contributed by atoms with E-state index in [4.69, 9.17) is 0 Å². The standard InChI is InChI=1S/C16H22N2O/c1-13(19)18-16-9-7-15(8-10-16)17-12-11-14-5-3-2-4-6-14/h5,7-10,17H,2-4,6,11-12H2,1H3,(H,18,19). The number of allylic oxidation sites excluding steroid dienone is 1. The molecule has 0 aromatic heterocycles. The summed E-state index contributed by atoms with van der Waals surface area (Å²) in [5, 5.41) is 6.18. The number of anilines is 2. The Morgan fingerprint density at radius 3 is 2.53 bits per heavy atom. The van der Waals surface area contributed by atoms with Gasteiger partial charge in [-0.05, 0) is 56.4 Å². The maximum atomic E-state index is 10.9. The van der Waals surface area contributed by atoms with Crippen LogP contribution in [-0.4, -0.2) is 12.5 Å². The normalized spacial score (nSPS) is 14.7. The minimum atomic E-state index is -0.0371. The molecule has 1 aromatic carbocycles. The largest absolute Gasteiger partial charge is 0.385 e. The minimum absolute atomic E-state index is 0.0371. The van der Waals surface area contributed by atoms with Gasteiger partial charge in [-0.3, -0.25) is 4.79 Å². The van der Waals surface area contributed by atoms with Crippen LogP contribution < -0.4 is 10.6 Å². The van der Waals surface area contributed by atoms with Crippen LogP contribution in [-0.2, 0) is 4.79 Å². The van der Waals surface area contributed by atoms with Crippen molar-refractivity contribution in [1.29, 1.82) is 0 Å². The molecule has 0 saturated carbocycles. The fraction of sp³-hybridized carbons (Fsp3) is 0.438. The highest BCUT2D eigenvalue weighted by molar-refractivity contribution is 5.88. The van der Waals surface area contributed by atoms with Crippen LogP contribution in [0.15, 0.2) is 35.9 Å². The predicted octanol–water partition coefficient (Wildman–Crippen LogP) is 3.95. The number of hydrogen-bond acceptors (Lipinski definition) is 2. The van der Waals surface area contributed by atoms with Gasteiger partial charge < -0.3 is 10.6 Å². The molecule has 0 radical (unpaired) electrons. The lowest BCUT2D eigenvalue weighted by molar-refractivity contribution is -0.114. The molecule has 3 heteroatoms. The third kappa shape index (κ3) is 4.78. The van der Waals surface area contributed by atoms with Gasteiger partial charge in [-0.15, -0.1) is 0 Å².